The minimum atomic E-state index is -0.574. The Bertz CT molecular complexity index is 1110. The van der Waals surface area contributed by atoms with E-state index in [2.05, 4.69) is 34.1 Å². The summed E-state index contributed by atoms with van der Waals surface area (Å²) < 4.78 is 5.16. The van der Waals surface area contributed by atoms with Gasteiger partial charge in [-0.1, -0.05) is 78.9 Å². The molecule has 3 aromatic rings. The number of carbonyl (C=O) groups excluding carboxylic acids is 2. The molecule has 2 saturated heterocycles. The minimum Gasteiger partial charge on any atom is -0.467 e. The summed E-state index contributed by atoms with van der Waals surface area (Å²) in [5, 5.41) is 0. The molecule has 2 atom stereocenters. The fourth-order valence-corrected chi connectivity index (χ4v) is 5.60. The van der Waals surface area contributed by atoms with Crippen molar-refractivity contribution in [1.82, 2.24) is 9.80 Å². The molecule has 36 heavy (non-hydrogen) atoms. The van der Waals surface area contributed by atoms with Crippen LogP contribution in [0.25, 0.3) is 0 Å². The van der Waals surface area contributed by atoms with Crippen LogP contribution < -0.4 is 4.90 Å². The Balaban J connectivity index is 1.36. The zero-order chi connectivity index (χ0) is 24.9. The van der Waals surface area contributed by atoms with Gasteiger partial charge in [-0.05, 0) is 29.7 Å². The maximum Gasteiger partial charge on any atom is 0.328 e. The monoisotopic (exact) mass is 483 g/mol. The predicted octanol–water partition coefficient (Wildman–Crippen LogP) is 3.78. The van der Waals surface area contributed by atoms with Crippen LogP contribution in [0.15, 0.2) is 91.0 Å². The Kier molecular flexibility index (Phi) is 7.33. The van der Waals surface area contributed by atoms with Gasteiger partial charge in [0.2, 0.25) is 5.91 Å². The topological polar surface area (TPSA) is 53.1 Å². The molecule has 0 saturated carbocycles. The number of methoxy groups -OCH3 is 1. The van der Waals surface area contributed by atoms with Gasteiger partial charge in [0, 0.05) is 44.5 Å². The fraction of sp³-hybridized carbons (Fsp3) is 0.333. The van der Waals surface area contributed by atoms with Crippen molar-refractivity contribution in [1.29, 1.82) is 0 Å². The van der Waals surface area contributed by atoms with Gasteiger partial charge >= 0.3 is 5.97 Å². The summed E-state index contributed by atoms with van der Waals surface area (Å²) in [5.41, 5.74) is 3.09. The Morgan fingerprint density at radius 1 is 0.778 bits per heavy atom. The van der Waals surface area contributed by atoms with Crippen molar-refractivity contribution in [2.45, 2.75) is 24.4 Å². The molecular weight excluding hydrogens is 450 g/mol. The Morgan fingerprint density at radius 2 is 1.31 bits per heavy atom. The molecule has 0 N–H and O–H groups in total. The molecule has 0 aromatic heterocycles. The second-order valence-electron chi connectivity index (χ2n) is 9.53. The summed E-state index contributed by atoms with van der Waals surface area (Å²) in [7, 11) is 1.41. The normalized spacial score (nSPS) is 20.5. The summed E-state index contributed by atoms with van der Waals surface area (Å²) >= 11 is 0. The third-order valence-electron chi connectivity index (χ3n) is 7.50. The first-order valence-corrected chi connectivity index (χ1v) is 12.7. The lowest BCUT2D eigenvalue weighted by Crippen LogP contribution is -2.51. The zero-order valence-electron chi connectivity index (χ0n) is 20.7. The fourth-order valence-electron chi connectivity index (χ4n) is 5.60. The molecule has 0 aliphatic carbocycles. The first kappa shape index (κ1) is 24.1. The minimum absolute atomic E-state index is 0.0479. The van der Waals surface area contributed by atoms with E-state index in [0.717, 1.165) is 37.3 Å². The number of nitrogens with zero attached hydrogens (tertiary/aromatic N) is 3. The highest BCUT2D eigenvalue weighted by atomic mass is 16.5. The molecule has 2 aliphatic rings. The number of piperazine rings is 1. The first-order chi connectivity index (χ1) is 17.7. The Hall–Kier alpha value is -3.64. The summed E-state index contributed by atoms with van der Waals surface area (Å²) in [6.07, 6.45) is 0.597. The number of ether oxygens (including phenoxy) is 1. The average Bonchev–Trinajstić information content (AvgIpc) is 3.40. The molecule has 0 spiro atoms. The largest absolute Gasteiger partial charge is 0.467 e. The van der Waals surface area contributed by atoms with Gasteiger partial charge in [-0.2, -0.15) is 0 Å². The summed E-state index contributed by atoms with van der Waals surface area (Å²) in [4.78, 5) is 33.6. The van der Waals surface area contributed by atoms with Gasteiger partial charge in [-0.25, -0.2) is 4.79 Å². The number of benzene rings is 3. The number of para-hydroxylation sites is 1. The molecule has 2 heterocycles. The van der Waals surface area contributed by atoms with Gasteiger partial charge in [0.1, 0.15) is 6.04 Å². The highest BCUT2D eigenvalue weighted by Gasteiger charge is 2.45. The molecule has 6 nitrogen and oxygen atoms in total. The average molecular weight is 484 g/mol. The van der Waals surface area contributed by atoms with E-state index < -0.39 is 12.0 Å². The molecule has 2 fully saturated rings. The Labute approximate surface area is 213 Å². The summed E-state index contributed by atoms with van der Waals surface area (Å²) in [6, 6.07) is 29.7. The second-order valence-corrected chi connectivity index (χ2v) is 9.53. The molecule has 2 aliphatic heterocycles. The maximum atomic E-state index is 14.1. The van der Waals surface area contributed by atoms with Crippen molar-refractivity contribution in [2.75, 3.05) is 44.7 Å². The van der Waals surface area contributed by atoms with Gasteiger partial charge in [-0.15, -0.1) is 0 Å². The van der Waals surface area contributed by atoms with Crippen LogP contribution in [-0.2, 0) is 14.3 Å². The van der Waals surface area contributed by atoms with Crippen molar-refractivity contribution in [3.8, 4) is 0 Å². The zero-order valence-corrected chi connectivity index (χ0v) is 20.7. The quantitative estimate of drug-likeness (QED) is 0.500. The lowest BCUT2D eigenvalue weighted by molar-refractivity contribution is -0.151. The van der Waals surface area contributed by atoms with Crippen molar-refractivity contribution in [3.05, 3.63) is 102 Å². The molecule has 0 radical (unpaired) electrons. The smallest absolute Gasteiger partial charge is 0.328 e. The number of carbonyl (C=O) groups is 2. The van der Waals surface area contributed by atoms with Crippen LogP contribution in [0.1, 0.15) is 23.5 Å². The van der Waals surface area contributed by atoms with Crippen LogP contribution in [0.2, 0.25) is 0 Å². The van der Waals surface area contributed by atoms with E-state index in [1.165, 1.54) is 12.8 Å². The lowest BCUT2D eigenvalue weighted by Gasteiger charge is -2.39. The number of hydrogen-bond donors (Lipinski definition) is 0. The third-order valence-corrected chi connectivity index (χ3v) is 7.50. The van der Waals surface area contributed by atoms with E-state index in [1.807, 2.05) is 66.7 Å². The van der Waals surface area contributed by atoms with Crippen molar-refractivity contribution >= 4 is 17.6 Å². The predicted molar refractivity (Wildman–Crippen MR) is 141 cm³/mol. The molecule has 186 valence electrons. The maximum absolute atomic E-state index is 14.1. The number of likely N-dealkylation sites (tertiary alicyclic amines) is 1. The van der Waals surface area contributed by atoms with E-state index >= 15 is 0 Å². The van der Waals surface area contributed by atoms with E-state index in [-0.39, 0.29) is 17.9 Å². The number of anilines is 1. The molecular formula is C30H33N3O3. The van der Waals surface area contributed by atoms with E-state index in [0.29, 0.717) is 13.0 Å². The first-order valence-electron chi connectivity index (χ1n) is 12.7. The van der Waals surface area contributed by atoms with Gasteiger partial charge in [0.05, 0.1) is 13.0 Å². The standard InChI is InChI=1S/C30H33N3O3/c1-36-30(35)27-21-26(32-19-17-31(18-20-32)25-15-9-4-10-16-25)22-33(27)29(34)28(23-11-5-2-6-12-23)24-13-7-3-8-14-24/h2-16,26-28H,17-22H2,1H3/t26-,27-/m0/s1. The van der Waals surface area contributed by atoms with Crippen LogP contribution in [0, 0.1) is 0 Å². The van der Waals surface area contributed by atoms with Crippen molar-refractivity contribution < 1.29 is 14.3 Å². The molecule has 6 heteroatoms. The van der Waals surface area contributed by atoms with Gasteiger partial charge in [0.15, 0.2) is 0 Å². The van der Waals surface area contributed by atoms with Crippen LogP contribution in [-0.4, -0.2) is 73.6 Å². The van der Waals surface area contributed by atoms with Gasteiger partial charge in [-0.3, -0.25) is 9.69 Å². The highest BCUT2D eigenvalue weighted by Crippen LogP contribution is 2.32. The van der Waals surface area contributed by atoms with E-state index in [9.17, 15) is 9.59 Å². The molecule has 3 aromatic carbocycles. The van der Waals surface area contributed by atoms with E-state index in [4.69, 9.17) is 4.74 Å². The Morgan fingerprint density at radius 3 is 1.83 bits per heavy atom. The second kappa shape index (κ2) is 11.0. The SMILES string of the molecule is COC(=O)[C@@H]1C[C@H](N2CCN(c3ccccc3)CC2)CN1C(=O)C(c1ccccc1)c1ccccc1. The molecule has 1 amide bonds. The molecule has 0 unspecified atom stereocenters. The van der Waals surface area contributed by atoms with Crippen molar-refractivity contribution in [2.24, 2.45) is 0 Å². The number of esters is 1. The van der Waals surface area contributed by atoms with Crippen LogP contribution in [0.3, 0.4) is 0 Å². The highest BCUT2D eigenvalue weighted by molar-refractivity contribution is 5.91. The van der Waals surface area contributed by atoms with Crippen molar-refractivity contribution in [3.63, 3.8) is 0 Å². The molecule has 5 rings (SSSR count). The molecule has 0 bridgehead atoms. The van der Waals surface area contributed by atoms with Crippen LogP contribution in [0.4, 0.5) is 5.69 Å². The van der Waals surface area contributed by atoms with E-state index in [1.54, 1.807) is 4.90 Å². The third kappa shape index (κ3) is 5.00. The number of hydrogen-bond acceptors (Lipinski definition) is 5. The number of amides is 1. The van der Waals surface area contributed by atoms with Crippen LogP contribution >= 0.6 is 0 Å². The van der Waals surface area contributed by atoms with Gasteiger partial charge < -0.3 is 14.5 Å². The summed E-state index contributed by atoms with van der Waals surface area (Å²) in [6.45, 7) is 4.18. The van der Waals surface area contributed by atoms with Crippen LogP contribution in [0.5, 0.6) is 0 Å². The van der Waals surface area contributed by atoms with Gasteiger partial charge in [0.25, 0.3) is 0 Å². The lowest BCUT2D eigenvalue weighted by atomic mass is 9.90. The number of rotatable bonds is 6. The summed E-state index contributed by atoms with van der Waals surface area (Å²) in [5.74, 6) is -0.852.